The molecule has 4 nitrogen and oxygen atoms in total. The first kappa shape index (κ1) is 16.5. The number of hydrogen-bond acceptors (Lipinski definition) is 4. The van der Waals surface area contributed by atoms with E-state index in [-0.39, 0.29) is 0 Å². The van der Waals surface area contributed by atoms with Crippen LogP contribution in [0.15, 0.2) is 6.07 Å². The first-order chi connectivity index (χ1) is 9.45. The SMILES string of the molecule is Cc1cc(C)c(C#N)c(NCCCCN(C)C(C)C)n1. The van der Waals surface area contributed by atoms with Gasteiger partial charge in [0.1, 0.15) is 11.9 Å². The van der Waals surface area contributed by atoms with Gasteiger partial charge in [0.15, 0.2) is 0 Å². The second-order valence-electron chi connectivity index (χ2n) is 5.62. The van der Waals surface area contributed by atoms with Crippen molar-refractivity contribution in [3.63, 3.8) is 0 Å². The van der Waals surface area contributed by atoms with Crippen LogP contribution in [-0.2, 0) is 0 Å². The smallest absolute Gasteiger partial charge is 0.144 e. The minimum Gasteiger partial charge on any atom is -0.369 e. The number of aromatic nitrogens is 1. The van der Waals surface area contributed by atoms with Crippen molar-refractivity contribution in [1.29, 1.82) is 5.26 Å². The molecule has 0 unspecified atom stereocenters. The monoisotopic (exact) mass is 274 g/mol. The molecule has 0 spiro atoms. The van der Waals surface area contributed by atoms with Crippen molar-refractivity contribution in [2.45, 2.75) is 46.6 Å². The number of unbranched alkanes of at least 4 members (excludes halogenated alkanes) is 1. The Morgan fingerprint density at radius 3 is 2.65 bits per heavy atom. The number of nitrogens with zero attached hydrogens (tertiary/aromatic N) is 3. The van der Waals surface area contributed by atoms with Crippen LogP contribution in [0.5, 0.6) is 0 Å². The molecule has 0 atom stereocenters. The molecule has 0 fully saturated rings. The van der Waals surface area contributed by atoms with Crippen LogP contribution in [0.3, 0.4) is 0 Å². The number of hydrogen-bond donors (Lipinski definition) is 1. The molecule has 1 rings (SSSR count). The van der Waals surface area contributed by atoms with Gasteiger partial charge in [0.2, 0.25) is 0 Å². The summed E-state index contributed by atoms with van der Waals surface area (Å²) in [6, 6.07) is 4.77. The van der Waals surface area contributed by atoms with Gasteiger partial charge in [0.05, 0.1) is 5.56 Å². The van der Waals surface area contributed by atoms with E-state index < -0.39 is 0 Å². The molecule has 20 heavy (non-hydrogen) atoms. The summed E-state index contributed by atoms with van der Waals surface area (Å²) in [5.74, 6) is 0.724. The van der Waals surface area contributed by atoms with Gasteiger partial charge in [-0.25, -0.2) is 4.98 Å². The van der Waals surface area contributed by atoms with Gasteiger partial charge in [-0.1, -0.05) is 0 Å². The minimum atomic E-state index is 0.592. The van der Waals surface area contributed by atoms with E-state index in [0.29, 0.717) is 11.6 Å². The number of aryl methyl sites for hydroxylation is 2. The highest BCUT2D eigenvalue weighted by Crippen LogP contribution is 2.17. The van der Waals surface area contributed by atoms with E-state index >= 15 is 0 Å². The zero-order valence-corrected chi connectivity index (χ0v) is 13.3. The van der Waals surface area contributed by atoms with Gasteiger partial charge in [0.25, 0.3) is 0 Å². The van der Waals surface area contributed by atoms with Crippen molar-refractivity contribution in [2.24, 2.45) is 0 Å². The molecular weight excluding hydrogens is 248 g/mol. The van der Waals surface area contributed by atoms with Gasteiger partial charge in [-0.2, -0.15) is 5.26 Å². The highest BCUT2D eigenvalue weighted by Gasteiger charge is 2.08. The molecule has 0 radical (unpaired) electrons. The summed E-state index contributed by atoms with van der Waals surface area (Å²) in [5, 5.41) is 12.5. The summed E-state index contributed by atoms with van der Waals surface area (Å²) in [5.41, 5.74) is 2.60. The Balaban J connectivity index is 2.45. The number of nitrogens with one attached hydrogen (secondary N) is 1. The summed E-state index contributed by atoms with van der Waals surface area (Å²) in [7, 11) is 2.15. The molecule has 0 amide bonds. The lowest BCUT2D eigenvalue weighted by Crippen LogP contribution is -2.27. The van der Waals surface area contributed by atoms with Crippen LogP contribution in [0.2, 0.25) is 0 Å². The van der Waals surface area contributed by atoms with Crippen LogP contribution in [0.1, 0.15) is 43.5 Å². The van der Waals surface area contributed by atoms with Crippen molar-refractivity contribution >= 4 is 5.82 Å². The van der Waals surface area contributed by atoms with E-state index in [2.05, 4.69) is 42.2 Å². The van der Waals surface area contributed by atoms with Crippen molar-refractivity contribution < 1.29 is 0 Å². The van der Waals surface area contributed by atoms with Crippen LogP contribution in [-0.4, -0.2) is 36.1 Å². The summed E-state index contributed by atoms with van der Waals surface area (Å²) < 4.78 is 0. The lowest BCUT2D eigenvalue weighted by atomic mass is 10.1. The van der Waals surface area contributed by atoms with E-state index in [0.717, 1.165) is 43.0 Å². The van der Waals surface area contributed by atoms with Gasteiger partial charge in [-0.05, 0) is 65.8 Å². The van der Waals surface area contributed by atoms with Crippen molar-refractivity contribution in [1.82, 2.24) is 9.88 Å². The molecule has 0 saturated carbocycles. The lowest BCUT2D eigenvalue weighted by molar-refractivity contribution is 0.269. The Morgan fingerprint density at radius 2 is 2.05 bits per heavy atom. The third-order valence-electron chi connectivity index (χ3n) is 3.57. The third kappa shape index (κ3) is 4.82. The maximum atomic E-state index is 9.19. The molecule has 110 valence electrons. The van der Waals surface area contributed by atoms with E-state index in [9.17, 15) is 5.26 Å². The Kier molecular flexibility index (Phi) is 6.47. The Labute approximate surface area is 122 Å². The first-order valence-electron chi connectivity index (χ1n) is 7.28. The third-order valence-corrected chi connectivity index (χ3v) is 3.57. The fraction of sp³-hybridized carbons (Fsp3) is 0.625. The average Bonchev–Trinajstić information content (AvgIpc) is 2.37. The molecule has 1 aromatic rings. The Hall–Kier alpha value is -1.60. The van der Waals surface area contributed by atoms with Gasteiger partial charge in [-0.15, -0.1) is 0 Å². The quantitative estimate of drug-likeness (QED) is 0.776. The average molecular weight is 274 g/mol. The maximum absolute atomic E-state index is 9.19. The highest BCUT2D eigenvalue weighted by atomic mass is 15.1. The molecule has 0 aromatic carbocycles. The predicted octanol–water partition coefficient (Wildman–Crippen LogP) is 3.10. The molecule has 1 heterocycles. The molecule has 1 N–H and O–H groups in total. The number of pyridine rings is 1. The van der Waals surface area contributed by atoms with Gasteiger partial charge >= 0.3 is 0 Å². The Bertz CT molecular complexity index is 474. The van der Waals surface area contributed by atoms with E-state index in [1.165, 1.54) is 0 Å². The van der Waals surface area contributed by atoms with Gasteiger partial charge in [-0.3, -0.25) is 0 Å². The van der Waals surface area contributed by atoms with Crippen molar-refractivity contribution in [3.8, 4) is 6.07 Å². The van der Waals surface area contributed by atoms with Crippen LogP contribution in [0.25, 0.3) is 0 Å². The summed E-state index contributed by atoms with van der Waals surface area (Å²) in [6.45, 7) is 10.3. The second kappa shape index (κ2) is 7.86. The number of nitriles is 1. The summed E-state index contributed by atoms with van der Waals surface area (Å²) in [4.78, 5) is 6.76. The lowest BCUT2D eigenvalue weighted by Gasteiger charge is -2.20. The standard InChI is InChI=1S/C16H26N4/c1-12(2)20(5)9-7-6-8-18-16-15(11-17)13(3)10-14(4)19-16/h10,12H,6-9H2,1-5H3,(H,18,19). The molecule has 0 saturated heterocycles. The fourth-order valence-electron chi connectivity index (χ4n) is 2.06. The molecule has 0 aliphatic rings. The normalized spacial score (nSPS) is 10.9. The molecular formula is C16H26N4. The van der Waals surface area contributed by atoms with Gasteiger partial charge in [0, 0.05) is 18.3 Å². The zero-order valence-electron chi connectivity index (χ0n) is 13.3. The number of anilines is 1. The van der Waals surface area contributed by atoms with Gasteiger partial charge < -0.3 is 10.2 Å². The first-order valence-corrected chi connectivity index (χ1v) is 7.28. The van der Waals surface area contributed by atoms with Crippen molar-refractivity contribution in [3.05, 3.63) is 22.9 Å². The molecule has 0 aliphatic heterocycles. The molecule has 0 bridgehead atoms. The summed E-state index contributed by atoms with van der Waals surface area (Å²) >= 11 is 0. The Morgan fingerprint density at radius 1 is 1.35 bits per heavy atom. The zero-order chi connectivity index (χ0) is 15.1. The van der Waals surface area contributed by atoms with E-state index in [4.69, 9.17) is 0 Å². The highest BCUT2D eigenvalue weighted by molar-refractivity contribution is 5.56. The largest absolute Gasteiger partial charge is 0.369 e. The van der Waals surface area contributed by atoms with Crippen LogP contribution in [0.4, 0.5) is 5.82 Å². The number of rotatable bonds is 7. The van der Waals surface area contributed by atoms with E-state index in [1.807, 2.05) is 19.9 Å². The van der Waals surface area contributed by atoms with Crippen molar-refractivity contribution in [2.75, 3.05) is 25.5 Å². The fourth-order valence-corrected chi connectivity index (χ4v) is 2.06. The molecule has 4 heteroatoms. The van der Waals surface area contributed by atoms with Crippen LogP contribution >= 0.6 is 0 Å². The second-order valence-corrected chi connectivity index (χ2v) is 5.62. The van der Waals surface area contributed by atoms with E-state index in [1.54, 1.807) is 0 Å². The predicted molar refractivity (Wildman–Crippen MR) is 83.9 cm³/mol. The topological polar surface area (TPSA) is 52.0 Å². The summed E-state index contributed by atoms with van der Waals surface area (Å²) in [6.07, 6.45) is 2.23. The van der Waals surface area contributed by atoms with Crippen LogP contribution < -0.4 is 5.32 Å². The van der Waals surface area contributed by atoms with Crippen LogP contribution in [0, 0.1) is 25.2 Å². The molecule has 1 aromatic heterocycles. The minimum absolute atomic E-state index is 0.592. The molecule has 0 aliphatic carbocycles. The maximum Gasteiger partial charge on any atom is 0.144 e.